The molecule has 2 rings (SSSR count). The maximum Gasteiger partial charge on any atom is 0.152 e. The summed E-state index contributed by atoms with van der Waals surface area (Å²) in [6.07, 6.45) is 0. The Morgan fingerprint density at radius 1 is 1.45 bits per heavy atom. The van der Waals surface area contributed by atoms with Crippen molar-refractivity contribution in [3.8, 4) is 0 Å². The molecule has 4 heteroatoms. The molecule has 0 saturated heterocycles. The molecule has 2 aromatic rings. The van der Waals surface area contributed by atoms with Crippen LogP contribution in [0.25, 0.3) is 5.52 Å². The number of pyridine rings is 1. The monoisotopic (exact) mass is 278 g/mol. The standard InChI is InChI=1S/C7H4ClIN2/c8-6-4-5-2-1-3-7(9)11(5)10-6/h1-4H. The predicted molar refractivity (Wildman–Crippen MR) is 52.9 cm³/mol. The van der Waals surface area contributed by atoms with Crippen LogP contribution in [0, 0.1) is 3.70 Å². The lowest BCUT2D eigenvalue weighted by Crippen LogP contribution is -1.90. The third kappa shape index (κ3) is 1.22. The lowest BCUT2D eigenvalue weighted by molar-refractivity contribution is 0.933. The number of halogens is 2. The Morgan fingerprint density at radius 3 is 3.00 bits per heavy atom. The summed E-state index contributed by atoms with van der Waals surface area (Å²) >= 11 is 7.93. The van der Waals surface area contributed by atoms with E-state index in [2.05, 4.69) is 27.7 Å². The van der Waals surface area contributed by atoms with Crippen LogP contribution in [0.1, 0.15) is 0 Å². The van der Waals surface area contributed by atoms with Crippen LogP contribution in [0.5, 0.6) is 0 Å². The Morgan fingerprint density at radius 2 is 2.27 bits per heavy atom. The van der Waals surface area contributed by atoms with Crippen molar-refractivity contribution in [1.82, 2.24) is 9.61 Å². The lowest BCUT2D eigenvalue weighted by atomic mass is 10.4. The van der Waals surface area contributed by atoms with Gasteiger partial charge in [-0.1, -0.05) is 17.7 Å². The van der Waals surface area contributed by atoms with Crippen molar-refractivity contribution >= 4 is 39.7 Å². The number of fused-ring (bicyclic) bond motifs is 1. The summed E-state index contributed by atoms with van der Waals surface area (Å²) < 4.78 is 2.87. The van der Waals surface area contributed by atoms with Crippen LogP contribution in [0.2, 0.25) is 5.15 Å². The molecule has 0 bridgehead atoms. The van der Waals surface area contributed by atoms with Crippen LogP contribution in [-0.4, -0.2) is 9.61 Å². The number of rotatable bonds is 0. The number of hydrogen-bond donors (Lipinski definition) is 0. The highest BCUT2D eigenvalue weighted by molar-refractivity contribution is 14.1. The van der Waals surface area contributed by atoms with Gasteiger partial charge in [-0.15, -0.1) is 0 Å². The SMILES string of the molecule is Clc1cc2cccc(I)n2n1. The van der Waals surface area contributed by atoms with Crippen molar-refractivity contribution in [3.05, 3.63) is 33.1 Å². The third-order valence-corrected chi connectivity index (χ3v) is 2.41. The van der Waals surface area contributed by atoms with Crippen molar-refractivity contribution in [2.24, 2.45) is 0 Å². The van der Waals surface area contributed by atoms with E-state index in [1.54, 1.807) is 0 Å². The Balaban J connectivity index is 2.90. The average Bonchev–Trinajstić information content (AvgIpc) is 2.31. The molecule has 2 aromatic heterocycles. The van der Waals surface area contributed by atoms with Crippen molar-refractivity contribution < 1.29 is 0 Å². The Labute approximate surface area is 82.3 Å². The number of nitrogens with zero attached hydrogens (tertiary/aromatic N) is 2. The molecular formula is C7H4ClIN2. The van der Waals surface area contributed by atoms with Gasteiger partial charge < -0.3 is 0 Å². The van der Waals surface area contributed by atoms with Gasteiger partial charge in [0.25, 0.3) is 0 Å². The zero-order valence-corrected chi connectivity index (χ0v) is 8.37. The van der Waals surface area contributed by atoms with E-state index in [4.69, 9.17) is 11.6 Å². The molecule has 2 heterocycles. The molecule has 0 aromatic carbocycles. The molecule has 0 atom stereocenters. The first-order chi connectivity index (χ1) is 5.27. The van der Waals surface area contributed by atoms with Gasteiger partial charge in [0.15, 0.2) is 5.15 Å². The van der Waals surface area contributed by atoms with Crippen LogP contribution < -0.4 is 0 Å². The third-order valence-electron chi connectivity index (χ3n) is 1.41. The largest absolute Gasteiger partial charge is 0.226 e. The quantitative estimate of drug-likeness (QED) is 0.535. The van der Waals surface area contributed by atoms with E-state index < -0.39 is 0 Å². The summed E-state index contributed by atoms with van der Waals surface area (Å²) in [4.78, 5) is 0. The van der Waals surface area contributed by atoms with E-state index in [0.29, 0.717) is 5.15 Å². The predicted octanol–water partition coefficient (Wildman–Crippen LogP) is 2.59. The molecule has 0 aliphatic carbocycles. The molecule has 0 amide bonds. The van der Waals surface area contributed by atoms with E-state index in [1.807, 2.05) is 28.8 Å². The Kier molecular flexibility index (Phi) is 1.77. The second-order valence-electron chi connectivity index (χ2n) is 2.15. The molecule has 0 N–H and O–H groups in total. The fraction of sp³-hybridized carbons (Fsp3) is 0. The van der Waals surface area contributed by atoms with E-state index in [1.165, 1.54) is 0 Å². The normalized spacial score (nSPS) is 10.7. The molecular weight excluding hydrogens is 274 g/mol. The fourth-order valence-corrected chi connectivity index (χ4v) is 1.73. The Bertz CT molecular complexity index is 396. The molecule has 11 heavy (non-hydrogen) atoms. The van der Waals surface area contributed by atoms with Gasteiger partial charge in [-0.05, 0) is 34.7 Å². The van der Waals surface area contributed by atoms with Crippen LogP contribution in [0.15, 0.2) is 24.3 Å². The van der Waals surface area contributed by atoms with Gasteiger partial charge in [-0.25, -0.2) is 4.52 Å². The fourth-order valence-electron chi connectivity index (χ4n) is 0.952. The van der Waals surface area contributed by atoms with Crippen LogP contribution in [-0.2, 0) is 0 Å². The maximum atomic E-state index is 5.72. The summed E-state index contributed by atoms with van der Waals surface area (Å²) in [7, 11) is 0. The van der Waals surface area contributed by atoms with E-state index in [9.17, 15) is 0 Å². The van der Waals surface area contributed by atoms with Gasteiger partial charge in [0, 0.05) is 6.07 Å². The van der Waals surface area contributed by atoms with Gasteiger partial charge in [-0.3, -0.25) is 0 Å². The topological polar surface area (TPSA) is 17.3 Å². The highest BCUT2D eigenvalue weighted by Crippen LogP contribution is 2.13. The van der Waals surface area contributed by atoms with Crippen LogP contribution in [0.4, 0.5) is 0 Å². The van der Waals surface area contributed by atoms with Crippen LogP contribution >= 0.6 is 34.2 Å². The van der Waals surface area contributed by atoms with Crippen molar-refractivity contribution in [1.29, 1.82) is 0 Å². The summed E-state index contributed by atoms with van der Waals surface area (Å²) in [6, 6.07) is 7.77. The molecule has 0 unspecified atom stereocenters. The lowest BCUT2D eigenvalue weighted by Gasteiger charge is -1.93. The van der Waals surface area contributed by atoms with Gasteiger partial charge in [0.1, 0.15) is 3.70 Å². The maximum absolute atomic E-state index is 5.72. The van der Waals surface area contributed by atoms with E-state index >= 15 is 0 Å². The van der Waals surface area contributed by atoms with Crippen molar-refractivity contribution in [2.75, 3.05) is 0 Å². The summed E-state index contributed by atoms with van der Waals surface area (Å²) in [5, 5.41) is 4.62. The zero-order valence-electron chi connectivity index (χ0n) is 5.46. The van der Waals surface area contributed by atoms with Gasteiger partial charge in [0.2, 0.25) is 0 Å². The van der Waals surface area contributed by atoms with Gasteiger partial charge in [-0.2, -0.15) is 5.10 Å². The summed E-state index contributed by atoms with van der Waals surface area (Å²) in [6.45, 7) is 0. The second kappa shape index (κ2) is 2.64. The smallest absolute Gasteiger partial charge is 0.152 e. The molecule has 0 radical (unpaired) electrons. The molecule has 0 spiro atoms. The minimum absolute atomic E-state index is 0.536. The molecule has 0 fully saturated rings. The van der Waals surface area contributed by atoms with Crippen LogP contribution in [0.3, 0.4) is 0 Å². The molecule has 2 nitrogen and oxygen atoms in total. The van der Waals surface area contributed by atoms with Crippen molar-refractivity contribution in [3.63, 3.8) is 0 Å². The van der Waals surface area contributed by atoms with E-state index in [0.717, 1.165) is 9.22 Å². The van der Waals surface area contributed by atoms with Gasteiger partial charge >= 0.3 is 0 Å². The first-order valence-electron chi connectivity index (χ1n) is 3.07. The molecule has 0 saturated carbocycles. The van der Waals surface area contributed by atoms with Crippen molar-refractivity contribution in [2.45, 2.75) is 0 Å². The van der Waals surface area contributed by atoms with E-state index in [-0.39, 0.29) is 0 Å². The summed E-state index contributed by atoms with van der Waals surface area (Å²) in [5.41, 5.74) is 1.03. The Hall–Kier alpha value is -0.290. The summed E-state index contributed by atoms with van der Waals surface area (Å²) in [5.74, 6) is 0. The minimum atomic E-state index is 0.536. The first kappa shape index (κ1) is 7.36. The minimum Gasteiger partial charge on any atom is -0.226 e. The van der Waals surface area contributed by atoms with Gasteiger partial charge in [0.05, 0.1) is 5.52 Å². The molecule has 0 aliphatic heterocycles. The molecule has 56 valence electrons. The highest BCUT2D eigenvalue weighted by Gasteiger charge is 1.99. The highest BCUT2D eigenvalue weighted by atomic mass is 127. The number of aromatic nitrogens is 2. The second-order valence-corrected chi connectivity index (χ2v) is 3.64. The number of hydrogen-bond acceptors (Lipinski definition) is 1. The first-order valence-corrected chi connectivity index (χ1v) is 4.53. The molecule has 0 aliphatic rings. The zero-order chi connectivity index (χ0) is 7.84. The average molecular weight is 278 g/mol.